The third kappa shape index (κ3) is 1.68. The van der Waals surface area contributed by atoms with Crippen molar-refractivity contribution in [1.29, 1.82) is 0 Å². The molecular formula is C10H7ClN4S. The minimum Gasteiger partial charge on any atom is -0.265 e. The van der Waals surface area contributed by atoms with E-state index in [-0.39, 0.29) is 0 Å². The van der Waals surface area contributed by atoms with E-state index in [1.807, 2.05) is 23.7 Å². The molecule has 0 aliphatic heterocycles. The number of fused-ring (bicyclic) bond motifs is 1. The molecule has 3 heterocycles. The molecule has 0 unspecified atom stereocenters. The Morgan fingerprint density at radius 3 is 3.12 bits per heavy atom. The molecule has 0 saturated heterocycles. The summed E-state index contributed by atoms with van der Waals surface area (Å²) in [5.74, 6) is 0.684. The molecule has 0 N–H and O–H groups in total. The Labute approximate surface area is 101 Å². The van der Waals surface area contributed by atoms with Crippen LogP contribution in [0.2, 0.25) is 5.15 Å². The van der Waals surface area contributed by atoms with Crippen LogP contribution in [0.5, 0.6) is 0 Å². The number of hydrogen-bond donors (Lipinski definition) is 0. The molecular weight excluding hydrogens is 244 g/mol. The Morgan fingerprint density at radius 1 is 1.38 bits per heavy atom. The van der Waals surface area contributed by atoms with Crippen LogP contribution >= 0.6 is 22.9 Å². The maximum Gasteiger partial charge on any atom is 0.153 e. The monoisotopic (exact) mass is 250 g/mol. The van der Waals surface area contributed by atoms with Crippen LogP contribution in [0.4, 0.5) is 0 Å². The first kappa shape index (κ1) is 9.74. The predicted molar refractivity (Wildman–Crippen MR) is 63.8 cm³/mol. The topological polar surface area (TPSA) is 43.6 Å². The lowest BCUT2D eigenvalue weighted by Gasteiger charge is -2.01. The van der Waals surface area contributed by atoms with Gasteiger partial charge >= 0.3 is 0 Å². The fourth-order valence-corrected chi connectivity index (χ4v) is 2.56. The van der Waals surface area contributed by atoms with Crippen molar-refractivity contribution in [2.45, 2.75) is 6.54 Å². The quantitative estimate of drug-likeness (QED) is 0.657. The highest BCUT2D eigenvalue weighted by molar-refractivity contribution is 7.16. The molecule has 0 atom stereocenters. The Bertz CT molecular complexity index is 617. The second-order valence-corrected chi connectivity index (χ2v) is 4.53. The largest absolute Gasteiger partial charge is 0.265 e. The molecule has 0 radical (unpaired) electrons. The molecule has 0 fully saturated rings. The minimum atomic E-state index is 0.508. The summed E-state index contributed by atoms with van der Waals surface area (Å²) >= 11 is 7.63. The molecule has 0 aliphatic carbocycles. The van der Waals surface area contributed by atoms with Gasteiger partial charge in [0.25, 0.3) is 0 Å². The fourth-order valence-electron chi connectivity index (χ4n) is 1.47. The zero-order chi connectivity index (χ0) is 11.0. The Morgan fingerprint density at radius 2 is 2.31 bits per heavy atom. The van der Waals surface area contributed by atoms with Crippen molar-refractivity contribution in [3.63, 3.8) is 0 Å². The molecule has 0 spiro atoms. The van der Waals surface area contributed by atoms with Gasteiger partial charge in [-0.25, -0.2) is 9.97 Å². The molecule has 80 valence electrons. The first-order chi connectivity index (χ1) is 7.83. The summed E-state index contributed by atoms with van der Waals surface area (Å²) in [5, 5.41) is 7.49. The number of rotatable bonds is 2. The van der Waals surface area contributed by atoms with Gasteiger partial charge in [0.15, 0.2) is 5.82 Å². The lowest BCUT2D eigenvalue weighted by atomic mass is 10.4. The second kappa shape index (κ2) is 3.84. The van der Waals surface area contributed by atoms with Crippen LogP contribution in [0, 0.1) is 0 Å². The lowest BCUT2D eigenvalue weighted by Crippen LogP contribution is -2.04. The molecule has 3 rings (SSSR count). The van der Waals surface area contributed by atoms with E-state index >= 15 is 0 Å². The zero-order valence-electron chi connectivity index (χ0n) is 8.17. The van der Waals surface area contributed by atoms with Crippen LogP contribution in [-0.4, -0.2) is 19.7 Å². The molecule has 4 nitrogen and oxygen atoms in total. The number of aromatic nitrogens is 4. The number of halogens is 1. The Kier molecular flexibility index (Phi) is 2.34. The van der Waals surface area contributed by atoms with Crippen molar-refractivity contribution in [1.82, 2.24) is 19.7 Å². The highest BCUT2D eigenvalue weighted by atomic mass is 35.5. The average molecular weight is 251 g/mol. The van der Waals surface area contributed by atoms with Crippen LogP contribution < -0.4 is 0 Å². The number of hydrogen-bond acceptors (Lipinski definition) is 4. The SMILES string of the molecule is Clc1nc(Cn2cccn2)nc2sccc12. The van der Waals surface area contributed by atoms with Gasteiger partial charge in [-0.15, -0.1) is 11.3 Å². The summed E-state index contributed by atoms with van der Waals surface area (Å²) in [6, 6.07) is 3.80. The van der Waals surface area contributed by atoms with Gasteiger partial charge in [-0.2, -0.15) is 5.10 Å². The van der Waals surface area contributed by atoms with Crippen molar-refractivity contribution >= 4 is 33.2 Å². The van der Waals surface area contributed by atoms with Crippen LogP contribution in [0.15, 0.2) is 29.9 Å². The molecule has 3 aromatic rings. The maximum atomic E-state index is 6.07. The van der Waals surface area contributed by atoms with E-state index in [0.717, 1.165) is 10.2 Å². The summed E-state index contributed by atoms with van der Waals surface area (Å²) in [6.07, 6.45) is 3.60. The average Bonchev–Trinajstić information content (AvgIpc) is 2.87. The van der Waals surface area contributed by atoms with Gasteiger partial charge in [-0.1, -0.05) is 11.6 Å². The van der Waals surface area contributed by atoms with Gasteiger partial charge in [0.05, 0.1) is 0 Å². The van der Waals surface area contributed by atoms with E-state index in [4.69, 9.17) is 11.6 Å². The molecule has 0 aromatic carbocycles. The highest BCUT2D eigenvalue weighted by Gasteiger charge is 2.07. The predicted octanol–water partition coefficient (Wildman–Crippen LogP) is 2.59. The van der Waals surface area contributed by atoms with Gasteiger partial charge in [0.2, 0.25) is 0 Å². The molecule has 6 heteroatoms. The Hall–Kier alpha value is -1.46. The van der Waals surface area contributed by atoms with Gasteiger partial charge in [-0.3, -0.25) is 4.68 Å². The standard InChI is InChI=1S/C10H7ClN4S/c11-9-7-2-5-16-10(7)14-8(13-9)6-15-4-1-3-12-15/h1-5H,6H2. The van der Waals surface area contributed by atoms with E-state index in [1.165, 1.54) is 0 Å². The van der Waals surface area contributed by atoms with Crippen molar-refractivity contribution in [3.05, 3.63) is 40.9 Å². The normalized spacial score (nSPS) is 11.1. The van der Waals surface area contributed by atoms with Crippen LogP contribution in [0.1, 0.15) is 5.82 Å². The Balaban J connectivity index is 2.04. The van der Waals surface area contributed by atoms with Crippen molar-refractivity contribution in [2.75, 3.05) is 0 Å². The lowest BCUT2D eigenvalue weighted by molar-refractivity contribution is 0.658. The number of thiophene rings is 1. The smallest absolute Gasteiger partial charge is 0.153 e. The third-order valence-electron chi connectivity index (χ3n) is 2.19. The van der Waals surface area contributed by atoms with Crippen LogP contribution in [-0.2, 0) is 6.54 Å². The van der Waals surface area contributed by atoms with Crippen LogP contribution in [0.25, 0.3) is 10.2 Å². The van der Waals surface area contributed by atoms with Gasteiger partial charge < -0.3 is 0 Å². The van der Waals surface area contributed by atoms with Crippen molar-refractivity contribution in [3.8, 4) is 0 Å². The first-order valence-electron chi connectivity index (χ1n) is 4.70. The summed E-state index contributed by atoms with van der Waals surface area (Å²) in [4.78, 5) is 9.60. The van der Waals surface area contributed by atoms with E-state index in [9.17, 15) is 0 Å². The summed E-state index contributed by atoms with van der Waals surface area (Å²) in [7, 11) is 0. The zero-order valence-corrected chi connectivity index (χ0v) is 9.74. The van der Waals surface area contributed by atoms with Crippen molar-refractivity contribution in [2.24, 2.45) is 0 Å². The van der Waals surface area contributed by atoms with Crippen molar-refractivity contribution < 1.29 is 0 Å². The molecule has 0 amide bonds. The summed E-state index contributed by atoms with van der Waals surface area (Å²) in [5.41, 5.74) is 0. The van der Waals surface area contributed by atoms with Crippen LogP contribution in [0.3, 0.4) is 0 Å². The molecule has 0 saturated carbocycles. The summed E-state index contributed by atoms with van der Waals surface area (Å²) < 4.78 is 1.77. The second-order valence-electron chi connectivity index (χ2n) is 3.27. The number of nitrogens with zero attached hydrogens (tertiary/aromatic N) is 4. The minimum absolute atomic E-state index is 0.508. The summed E-state index contributed by atoms with van der Waals surface area (Å²) in [6.45, 7) is 0.542. The molecule has 16 heavy (non-hydrogen) atoms. The van der Waals surface area contributed by atoms with E-state index < -0.39 is 0 Å². The van der Waals surface area contributed by atoms with Gasteiger partial charge in [0.1, 0.15) is 16.5 Å². The maximum absolute atomic E-state index is 6.07. The molecule has 0 aliphatic rings. The van der Waals surface area contributed by atoms with E-state index in [0.29, 0.717) is 17.5 Å². The fraction of sp³-hybridized carbons (Fsp3) is 0.100. The van der Waals surface area contributed by atoms with Gasteiger partial charge in [-0.05, 0) is 17.5 Å². The molecule has 3 aromatic heterocycles. The first-order valence-corrected chi connectivity index (χ1v) is 5.96. The van der Waals surface area contributed by atoms with Gasteiger partial charge in [0, 0.05) is 17.8 Å². The third-order valence-corrected chi connectivity index (χ3v) is 3.28. The molecule has 0 bridgehead atoms. The van der Waals surface area contributed by atoms with E-state index in [2.05, 4.69) is 15.1 Å². The van der Waals surface area contributed by atoms with E-state index in [1.54, 1.807) is 22.2 Å². The highest BCUT2D eigenvalue weighted by Crippen LogP contribution is 2.24.